The number of esters is 4. The van der Waals surface area contributed by atoms with Crippen LogP contribution in [0.15, 0.2) is 276 Å². The molecule has 32 nitrogen and oxygen atoms in total. The first kappa shape index (κ1) is 97.5. The van der Waals surface area contributed by atoms with Gasteiger partial charge in [-0.1, -0.05) is 191 Å². The molecule has 8 aromatic carbocycles. The number of benzene rings is 8. The Balaban J connectivity index is 0.000000160. The summed E-state index contributed by atoms with van der Waals surface area (Å²) in [5.74, 6) is -5.58. The van der Waals surface area contributed by atoms with Gasteiger partial charge in [-0.2, -0.15) is 4.98 Å². The van der Waals surface area contributed by atoms with Crippen LogP contribution in [0, 0.1) is 5.92 Å². The second-order valence-corrected chi connectivity index (χ2v) is 32.2. The first-order chi connectivity index (χ1) is 63.5. The molecule has 2 atom stereocenters. The quantitative estimate of drug-likeness (QED) is 0.0242. The molecule has 1 aliphatic rings. The number of para-hydroxylation sites is 2. The molecule has 2 unspecified atom stereocenters. The number of nitrogens with zero attached hydrogens (tertiary/aromatic N) is 8. The van der Waals surface area contributed by atoms with Crippen molar-refractivity contribution >= 4 is 146 Å². The zero-order chi connectivity index (χ0) is 94.8. The van der Waals surface area contributed by atoms with E-state index < -0.39 is 76.4 Å². The summed E-state index contributed by atoms with van der Waals surface area (Å²) in [6.07, 6.45) is 8.93. The van der Waals surface area contributed by atoms with Gasteiger partial charge in [-0.3, -0.25) is 52.7 Å². The molecule has 6 aromatic heterocycles. The predicted molar refractivity (Wildman–Crippen MR) is 508 cm³/mol. The van der Waals surface area contributed by atoms with Gasteiger partial charge in [0.15, 0.2) is 0 Å². The van der Waals surface area contributed by atoms with Crippen LogP contribution in [0.25, 0.3) is 54.6 Å². The summed E-state index contributed by atoms with van der Waals surface area (Å²) in [6, 6.07) is 62.4. The summed E-state index contributed by atoms with van der Waals surface area (Å²) in [4.78, 5) is 182. The Hall–Kier alpha value is -15.2. The molecule has 132 heavy (non-hydrogen) atoms. The van der Waals surface area contributed by atoms with Gasteiger partial charge in [0.25, 0.3) is 23.6 Å². The largest absolute Gasteiger partial charge is 0.477 e. The second-order valence-electron chi connectivity index (χ2n) is 30.4. The summed E-state index contributed by atoms with van der Waals surface area (Å²) in [5.41, 5.74) is 5.16. The lowest BCUT2D eigenvalue weighted by Crippen LogP contribution is -2.46. The molecule has 1 saturated heterocycles. The number of anilines is 1. The number of nitrogens with one attached hydrogen (secondary N) is 5. The van der Waals surface area contributed by atoms with Crippen LogP contribution in [0.4, 0.5) is 5.95 Å². The molecule has 0 radical (unpaired) electrons. The first-order valence-electron chi connectivity index (χ1n) is 41.7. The van der Waals surface area contributed by atoms with Crippen LogP contribution < -0.4 is 58.6 Å². The molecule has 1 fully saturated rings. The van der Waals surface area contributed by atoms with E-state index in [1.165, 1.54) is 66.3 Å². The van der Waals surface area contributed by atoms with Crippen molar-refractivity contribution < 1.29 is 67.2 Å². The molecule has 15 rings (SSSR count). The highest BCUT2D eigenvalue weighted by Crippen LogP contribution is 2.25. The minimum Gasteiger partial charge on any atom is -0.477 e. The maximum atomic E-state index is 13.1. The van der Waals surface area contributed by atoms with Gasteiger partial charge in [0.2, 0.25) is 33.1 Å². The molecule has 14 aromatic rings. The van der Waals surface area contributed by atoms with Crippen molar-refractivity contribution in [1.29, 1.82) is 0 Å². The van der Waals surface area contributed by atoms with Crippen LogP contribution in [0.3, 0.4) is 0 Å². The van der Waals surface area contributed by atoms with Gasteiger partial charge in [-0.05, 0) is 103 Å². The van der Waals surface area contributed by atoms with Gasteiger partial charge >= 0.3 is 29.8 Å². The third kappa shape index (κ3) is 24.6. The zero-order valence-corrected chi connectivity index (χ0v) is 76.4. The van der Waals surface area contributed by atoms with Crippen LogP contribution in [0.5, 0.6) is 0 Å². The van der Waals surface area contributed by atoms with Crippen molar-refractivity contribution in [1.82, 2.24) is 59.4 Å². The average Bonchev–Trinajstić information content (AvgIpc) is 0.791. The van der Waals surface area contributed by atoms with E-state index in [4.69, 9.17) is 9.84 Å². The second kappa shape index (κ2) is 46.2. The lowest BCUT2D eigenvalue weighted by atomic mass is 10.0. The number of carbonyl (C=O) groups is 9. The van der Waals surface area contributed by atoms with E-state index in [1.54, 1.807) is 61.0 Å². The molecule has 0 spiro atoms. The number of carboxylic acids is 1. The Morgan fingerprint density at radius 3 is 1.14 bits per heavy atom. The smallest absolute Gasteiger partial charge is 0.341 e. The normalized spacial score (nSPS) is 11.9. The number of hydrogen-bond acceptors (Lipinski definition) is 22. The number of carbonyl (C=O) groups excluding carboxylic acids is 8. The lowest BCUT2D eigenvalue weighted by molar-refractivity contribution is -0.144. The maximum Gasteiger partial charge on any atom is 0.341 e. The Kier molecular flexibility index (Phi) is 34.1. The number of hydrogen-bond donors (Lipinski definition) is 6. The maximum absolute atomic E-state index is 13.1. The highest BCUT2D eigenvalue weighted by Gasteiger charge is 2.29. The number of aromatic carboxylic acids is 1. The number of carboxylic acid groups (broad SMARTS) is 1. The topological polar surface area (TPSA) is 410 Å². The fourth-order valence-electron chi connectivity index (χ4n) is 14.3. The first-order valence-corrected chi connectivity index (χ1v) is 43.2. The molecule has 0 saturated carbocycles. The molecule has 1 aliphatic heterocycles. The van der Waals surface area contributed by atoms with Crippen molar-refractivity contribution in [3.05, 3.63) is 354 Å². The van der Waals surface area contributed by atoms with Crippen LogP contribution in [0.1, 0.15) is 102 Å². The van der Waals surface area contributed by atoms with Crippen LogP contribution in [0.2, 0.25) is 0 Å². The van der Waals surface area contributed by atoms with Gasteiger partial charge in [-0.15, -0.1) is 0 Å². The Labute approximate surface area is 772 Å². The fourth-order valence-corrected chi connectivity index (χ4v) is 15.0. The summed E-state index contributed by atoms with van der Waals surface area (Å²) in [6.45, 7) is 12.2. The Morgan fingerprint density at radius 1 is 0.417 bits per heavy atom. The SMILES string of the molecule is CCn1cc(C(=O)O)c(=O)c2cnc(N3CCNCC3)nc21.COC(=O)C(C)NC(=O)c1cn(Cc2ccccc2)c2ccccc2c1=O.COC(=O)C(NC(=O)c1cn(Cc2ccccc2)c2ccc(Br)cc2c1=O)C(C)C.COC(=O)CNC(=O)c1cn(Cc2ccccc2)c2ccc(Br)cc2c1=O.COC(=O)CNC(=O)c1cn(Cc2ccccc2)c2ccccc2c1=O. The van der Waals surface area contributed by atoms with Gasteiger partial charge in [0, 0.05) is 127 Å². The van der Waals surface area contributed by atoms with Gasteiger partial charge in [-0.25, -0.2) is 19.4 Å². The van der Waals surface area contributed by atoms with E-state index in [-0.39, 0.29) is 68.5 Å². The van der Waals surface area contributed by atoms with Crippen molar-refractivity contribution in [3.8, 4) is 0 Å². The minimum atomic E-state index is -1.24. The third-order valence-corrected chi connectivity index (χ3v) is 22.1. The summed E-state index contributed by atoms with van der Waals surface area (Å²) in [7, 11) is 4.98. The standard InChI is InChI=1S/C23H23BrN2O4.C21H20N2O4.C20H17BrN2O4.C20H18N2O4.C14H17N5O3/c1-14(2)20(23(29)30-3)25-22(28)18-13-26(12-15-7-5-4-6-8-15)19-10-9-16(24)11-17(19)21(18)27;1-14(21(26)27-2)22-20(25)17-13-23(12-15-8-4-3-5-9-15)18-11-7-6-10-16(18)19(17)24;1-27-18(24)10-22-20(26)16-12-23(11-13-5-3-2-4-6-13)17-8-7-14(21)9-15(17)19(16)25;1-26-18(23)11-21-20(25)16-13-22(12-14-7-3-2-4-8-14)17-10-6-5-9-15(17)19(16)24;1-2-18-8-10(13(21)22)11(20)9-7-16-14(17-12(9)18)19-5-3-15-4-6-19/h4-11,13-14,20H,12H2,1-3H3,(H,25,28);3-11,13-14H,12H2,1-2H3,(H,22,25);2-9,12H,10-11H2,1H3,(H,22,26);2-10,13H,11-12H2,1H3,(H,21,25);7-8,15H,2-6H2,1H3,(H,21,22). The minimum absolute atomic E-state index is 0.0106. The Bertz CT molecular complexity index is 6950. The number of rotatable bonds is 24. The van der Waals surface area contributed by atoms with Crippen molar-refractivity contribution in [2.24, 2.45) is 5.92 Å². The number of halogens is 2. The summed E-state index contributed by atoms with van der Waals surface area (Å²) in [5, 5.41) is 24.4. The van der Waals surface area contributed by atoms with E-state index in [2.05, 4.69) is 82.6 Å². The van der Waals surface area contributed by atoms with Crippen molar-refractivity contribution in [2.45, 2.75) is 72.5 Å². The van der Waals surface area contributed by atoms with Gasteiger partial charge in [0.05, 0.1) is 55.9 Å². The van der Waals surface area contributed by atoms with E-state index in [0.29, 0.717) is 65.9 Å². The van der Waals surface area contributed by atoms with Crippen LogP contribution >= 0.6 is 31.9 Å². The molecule has 0 aliphatic carbocycles. The third-order valence-electron chi connectivity index (χ3n) is 21.1. The van der Waals surface area contributed by atoms with E-state index >= 15 is 0 Å². The zero-order valence-electron chi connectivity index (χ0n) is 73.2. The summed E-state index contributed by atoms with van der Waals surface area (Å²) < 4.78 is 29.0. The number of piperazine rings is 1. The molecule has 4 amide bonds. The van der Waals surface area contributed by atoms with Crippen molar-refractivity contribution in [3.63, 3.8) is 0 Å². The Morgan fingerprint density at radius 2 is 0.765 bits per heavy atom. The lowest BCUT2D eigenvalue weighted by Gasteiger charge is -2.27. The van der Waals surface area contributed by atoms with Crippen molar-refractivity contribution in [2.75, 3.05) is 72.6 Å². The molecular formula is C98H95Br2N13O19. The number of fused-ring (bicyclic) bond motifs is 5. The van der Waals surface area contributed by atoms with Gasteiger partial charge in [0.1, 0.15) is 58.6 Å². The van der Waals surface area contributed by atoms with Crippen LogP contribution in [-0.4, -0.2) is 171 Å². The van der Waals surface area contributed by atoms with Gasteiger partial charge < -0.3 is 78.4 Å². The van der Waals surface area contributed by atoms with E-state index in [9.17, 15) is 67.1 Å². The predicted octanol–water partition coefficient (Wildman–Crippen LogP) is 10.7. The van der Waals surface area contributed by atoms with Crippen LogP contribution in [-0.2, 0) is 70.8 Å². The van der Waals surface area contributed by atoms with E-state index in [0.717, 1.165) is 79.4 Å². The highest BCUT2D eigenvalue weighted by atomic mass is 79.9. The number of amides is 4. The molecule has 680 valence electrons. The number of aryl methyl sites for hydroxylation is 1. The molecule has 34 heteroatoms. The monoisotopic (exact) mass is 1920 g/mol. The van der Waals surface area contributed by atoms with E-state index in [1.807, 2.05) is 200 Å². The molecular weight excluding hydrogens is 1820 g/mol. The average molecular weight is 1920 g/mol. The molecule has 0 bridgehead atoms. The highest BCUT2D eigenvalue weighted by molar-refractivity contribution is 9.10. The molecule has 7 heterocycles. The fraction of sp³-hybridized carbons (Fsp3) is 0.224. The number of aromatic nitrogens is 7. The number of pyridine rings is 5. The number of methoxy groups -OCH3 is 4. The number of ether oxygens (including phenoxy) is 4. The molecule has 6 N–H and O–H groups in total. The summed E-state index contributed by atoms with van der Waals surface area (Å²) >= 11 is 6.77.